The van der Waals surface area contributed by atoms with Gasteiger partial charge in [0.25, 0.3) is 5.91 Å². The molecule has 6 nitrogen and oxygen atoms in total. The maximum atomic E-state index is 13.1. The molecule has 4 heterocycles. The van der Waals surface area contributed by atoms with Crippen LogP contribution in [-0.2, 0) is 0 Å². The molecular weight excluding hydrogens is 314 g/mol. The molecule has 0 radical (unpaired) electrons. The van der Waals surface area contributed by atoms with E-state index in [0.29, 0.717) is 5.69 Å². The minimum Gasteiger partial charge on any atom is -0.327 e. The lowest BCUT2D eigenvalue weighted by molar-refractivity contribution is 0.0591. The predicted molar refractivity (Wildman–Crippen MR) is 94.3 cm³/mol. The van der Waals surface area contributed by atoms with Crippen molar-refractivity contribution in [3.63, 3.8) is 0 Å². The lowest BCUT2D eigenvalue weighted by Gasteiger charge is -2.35. The third-order valence-electron chi connectivity index (χ3n) is 4.73. The summed E-state index contributed by atoms with van der Waals surface area (Å²) in [4.78, 5) is 28.4. The molecule has 1 aliphatic heterocycles. The molecule has 0 spiro atoms. The van der Waals surface area contributed by atoms with Gasteiger partial charge >= 0.3 is 0 Å². The minimum atomic E-state index is -0.0554. The standard InChI is InChI=1S/C19H21N5O/c1-13-6-5-7-16(21-13)19(25)23-9-4-3-8-17(23)18-22-14(2)10-15-11-20-12-24(15)18/h5-7,10-12,17H,3-4,8-9H2,1-2H3. The van der Waals surface area contributed by atoms with E-state index in [4.69, 9.17) is 4.98 Å². The van der Waals surface area contributed by atoms with Crippen LogP contribution in [0.15, 0.2) is 36.8 Å². The maximum absolute atomic E-state index is 13.1. The van der Waals surface area contributed by atoms with Gasteiger partial charge in [-0.15, -0.1) is 0 Å². The van der Waals surface area contributed by atoms with Gasteiger partial charge in [-0.1, -0.05) is 6.07 Å². The molecular formula is C19H21N5O. The Bertz CT molecular complexity index is 932. The Kier molecular flexibility index (Phi) is 3.95. The van der Waals surface area contributed by atoms with Crippen molar-refractivity contribution in [2.75, 3.05) is 6.54 Å². The van der Waals surface area contributed by atoms with E-state index < -0.39 is 0 Å². The highest BCUT2D eigenvalue weighted by Gasteiger charge is 2.32. The molecule has 0 saturated carbocycles. The summed E-state index contributed by atoms with van der Waals surface area (Å²) in [5.41, 5.74) is 3.30. The Hall–Kier alpha value is -2.76. The summed E-state index contributed by atoms with van der Waals surface area (Å²) in [7, 11) is 0. The molecule has 3 aromatic rings. The predicted octanol–water partition coefficient (Wildman–Crippen LogP) is 3.11. The topological polar surface area (TPSA) is 63.4 Å². The van der Waals surface area contributed by atoms with Crippen molar-refractivity contribution in [2.24, 2.45) is 0 Å². The number of piperidine rings is 1. The van der Waals surface area contributed by atoms with Crippen LogP contribution in [-0.4, -0.2) is 36.7 Å². The fraction of sp³-hybridized carbons (Fsp3) is 0.368. The number of carbonyl (C=O) groups excluding carboxylic acids is 1. The van der Waals surface area contributed by atoms with E-state index in [9.17, 15) is 4.79 Å². The molecule has 6 heteroatoms. The summed E-state index contributed by atoms with van der Waals surface area (Å²) in [5.74, 6) is 0.859. The van der Waals surface area contributed by atoms with Crippen molar-refractivity contribution < 1.29 is 4.79 Å². The van der Waals surface area contributed by atoms with Crippen molar-refractivity contribution >= 4 is 11.4 Å². The van der Waals surface area contributed by atoms with Crippen LogP contribution >= 0.6 is 0 Å². The molecule has 0 aliphatic carbocycles. The number of fused-ring (bicyclic) bond motifs is 1. The van der Waals surface area contributed by atoms with Gasteiger partial charge < -0.3 is 4.90 Å². The highest BCUT2D eigenvalue weighted by atomic mass is 16.2. The van der Waals surface area contributed by atoms with E-state index in [-0.39, 0.29) is 11.9 Å². The molecule has 3 aromatic heterocycles. The van der Waals surface area contributed by atoms with Crippen LogP contribution in [0.25, 0.3) is 5.52 Å². The number of aromatic nitrogens is 4. The number of hydrogen-bond acceptors (Lipinski definition) is 4. The van der Waals surface area contributed by atoms with Gasteiger partial charge in [0, 0.05) is 17.9 Å². The van der Waals surface area contributed by atoms with Gasteiger partial charge in [0.2, 0.25) is 0 Å². The van der Waals surface area contributed by atoms with E-state index in [1.807, 2.05) is 47.5 Å². The van der Waals surface area contributed by atoms with Crippen LogP contribution in [0.5, 0.6) is 0 Å². The molecule has 1 atom stereocenters. The van der Waals surface area contributed by atoms with Gasteiger partial charge in [-0.3, -0.25) is 9.20 Å². The third kappa shape index (κ3) is 2.88. The zero-order valence-electron chi connectivity index (χ0n) is 14.5. The number of rotatable bonds is 2. The zero-order valence-corrected chi connectivity index (χ0v) is 14.5. The summed E-state index contributed by atoms with van der Waals surface area (Å²) in [6.45, 7) is 4.61. The average molecular weight is 335 g/mol. The van der Waals surface area contributed by atoms with Gasteiger partial charge in [-0.25, -0.2) is 15.0 Å². The van der Waals surface area contributed by atoms with Gasteiger partial charge in [0.15, 0.2) is 0 Å². The fourth-order valence-corrected chi connectivity index (χ4v) is 3.57. The first-order valence-corrected chi connectivity index (χ1v) is 8.68. The van der Waals surface area contributed by atoms with Crippen LogP contribution in [0.1, 0.15) is 53.0 Å². The largest absolute Gasteiger partial charge is 0.327 e. The first-order chi connectivity index (χ1) is 12.1. The van der Waals surface area contributed by atoms with E-state index in [1.165, 1.54) is 0 Å². The highest BCUT2D eigenvalue weighted by Crippen LogP contribution is 2.31. The number of nitrogens with zero attached hydrogens (tertiary/aromatic N) is 5. The van der Waals surface area contributed by atoms with Gasteiger partial charge in [-0.05, 0) is 51.3 Å². The zero-order chi connectivity index (χ0) is 17.4. The van der Waals surface area contributed by atoms with E-state index >= 15 is 0 Å². The molecule has 1 unspecified atom stereocenters. The van der Waals surface area contributed by atoms with Crippen molar-refractivity contribution in [1.82, 2.24) is 24.3 Å². The highest BCUT2D eigenvalue weighted by molar-refractivity contribution is 5.92. The second kappa shape index (κ2) is 6.27. The monoisotopic (exact) mass is 335 g/mol. The number of likely N-dealkylation sites (tertiary alicyclic amines) is 1. The molecule has 1 fully saturated rings. The summed E-state index contributed by atoms with van der Waals surface area (Å²) >= 11 is 0. The van der Waals surface area contributed by atoms with Crippen molar-refractivity contribution in [3.8, 4) is 0 Å². The quantitative estimate of drug-likeness (QED) is 0.722. The minimum absolute atomic E-state index is 0.0232. The average Bonchev–Trinajstić information content (AvgIpc) is 3.08. The van der Waals surface area contributed by atoms with Crippen LogP contribution in [0.2, 0.25) is 0 Å². The number of pyridine rings is 1. The van der Waals surface area contributed by atoms with Crippen LogP contribution < -0.4 is 0 Å². The van der Waals surface area contributed by atoms with Crippen molar-refractivity contribution in [2.45, 2.75) is 39.2 Å². The number of imidazole rings is 1. The summed E-state index contributed by atoms with van der Waals surface area (Å²) < 4.78 is 1.99. The van der Waals surface area contributed by atoms with Crippen molar-refractivity contribution in [1.29, 1.82) is 0 Å². The summed E-state index contributed by atoms with van der Waals surface area (Å²) in [6.07, 6.45) is 6.60. The number of amides is 1. The maximum Gasteiger partial charge on any atom is 0.273 e. The molecule has 25 heavy (non-hydrogen) atoms. The number of hydrogen-bond donors (Lipinski definition) is 0. The Morgan fingerprint density at radius 2 is 2.04 bits per heavy atom. The SMILES string of the molecule is Cc1cccc(C(=O)N2CCCCC2c2nc(C)cc3cncn23)n1. The van der Waals surface area contributed by atoms with E-state index in [1.54, 1.807) is 12.4 Å². The first kappa shape index (κ1) is 15.7. The molecule has 0 aromatic carbocycles. The summed E-state index contributed by atoms with van der Waals surface area (Å²) in [5, 5.41) is 0. The lowest BCUT2D eigenvalue weighted by atomic mass is 10.0. The van der Waals surface area contributed by atoms with Gasteiger partial charge in [0.1, 0.15) is 17.8 Å². The van der Waals surface area contributed by atoms with E-state index in [2.05, 4.69) is 9.97 Å². The third-order valence-corrected chi connectivity index (χ3v) is 4.73. The molecule has 0 N–H and O–H groups in total. The Balaban J connectivity index is 1.76. The number of aryl methyl sites for hydroxylation is 2. The second-order valence-electron chi connectivity index (χ2n) is 6.62. The second-order valence-corrected chi connectivity index (χ2v) is 6.62. The summed E-state index contributed by atoms with van der Waals surface area (Å²) in [6, 6.07) is 7.53. The van der Waals surface area contributed by atoms with Crippen LogP contribution in [0.4, 0.5) is 0 Å². The van der Waals surface area contributed by atoms with Crippen LogP contribution in [0, 0.1) is 13.8 Å². The molecule has 4 rings (SSSR count). The number of carbonyl (C=O) groups is 1. The van der Waals surface area contributed by atoms with Gasteiger partial charge in [0.05, 0.1) is 17.8 Å². The molecule has 128 valence electrons. The van der Waals surface area contributed by atoms with Gasteiger partial charge in [-0.2, -0.15) is 0 Å². The normalized spacial score (nSPS) is 17.8. The molecule has 1 aliphatic rings. The molecule has 1 amide bonds. The Morgan fingerprint density at radius 3 is 2.88 bits per heavy atom. The Morgan fingerprint density at radius 1 is 1.16 bits per heavy atom. The van der Waals surface area contributed by atoms with E-state index in [0.717, 1.165) is 48.5 Å². The molecule has 0 bridgehead atoms. The smallest absolute Gasteiger partial charge is 0.273 e. The van der Waals surface area contributed by atoms with Crippen molar-refractivity contribution in [3.05, 3.63) is 59.7 Å². The Labute approximate surface area is 146 Å². The first-order valence-electron chi connectivity index (χ1n) is 8.68. The fourth-order valence-electron chi connectivity index (χ4n) is 3.57. The lowest BCUT2D eigenvalue weighted by Crippen LogP contribution is -2.40. The van der Waals surface area contributed by atoms with Crippen LogP contribution in [0.3, 0.4) is 0 Å². The molecule has 1 saturated heterocycles.